The fourth-order valence-corrected chi connectivity index (χ4v) is 3.90. The van der Waals surface area contributed by atoms with Crippen LogP contribution in [-0.4, -0.2) is 33.1 Å². The number of piperidine rings is 1. The summed E-state index contributed by atoms with van der Waals surface area (Å²) in [4.78, 5) is 2.20. The molecule has 0 bridgehead atoms. The SMILES string of the molecule is Cn1cc(-c2ccc(N3CCC(C#N)(Cc4ccccc4Cl)CC3)nn2)cn1. The first-order chi connectivity index (χ1) is 13.6. The molecule has 3 aromatic rings. The van der Waals surface area contributed by atoms with Gasteiger partial charge in [0.15, 0.2) is 5.82 Å². The molecule has 28 heavy (non-hydrogen) atoms. The van der Waals surface area contributed by atoms with Gasteiger partial charge in [-0.25, -0.2) is 0 Å². The van der Waals surface area contributed by atoms with Crippen LogP contribution in [-0.2, 0) is 13.5 Å². The molecule has 0 aliphatic carbocycles. The van der Waals surface area contributed by atoms with Gasteiger partial charge in [0.2, 0.25) is 0 Å². The number of anilines is 1. The van der Waals surface area contributed by atoms with Crippen LogP contribution in [0.5, 0.6) is 0 Å². The molecule has 3 heterocycles. The minimum absolute atomic E-state index is 0.384. The molecule has 6 nitrogen and oxygen atoms in total. The van der Waals surface area contributed by atoms with E-state index in [0.29, 0.717) is 6.42 Å². The third kappa shape index (κ3) is 3.71. The van der Waals surface area contributed by atoms with E-state index in [4.69, 9.17) is 11.6 Å². The molecule has 0 radical (unpaired) electrons. The second-order valence-electron chi connectivity index (χ2n) is 7.33. The Morgan fingerprint density at radius 3 is 2.54 bits per heavy atom. The van der Waals surface area contributed by atoms with Gasteiger partial charge in [0, 0.05) is 36.9 Å². The zero-order valence-corrected chi connectivity index (χ0v) is 16.5. The molecule has 7 heteroatoms. The molecule has 1 aliphatic heterocycles. The number of benzene rings is 1. The highest BCUT2D eigenvalue weighted by molar-refractivity contribution is 6.31. The van der Waals surface area contributed by atoms with Crippen molar-refractivity contribution in [3.05, 3.63) is 59.4 Å². The van der Waals surface area contributed by atoms with Gasteiger partial charge in [-0.2, -0.15) is 10.4 Å². The van der Waals surface area contributed by atoms with Crippen molar-refractivity contribution in [2.45, 2.75) is 19.3 Å². The standard InChI is InChI=1S/C21H21ClN6/c1-27-14-17(13-24-27)19-6-7-20(26-25-19)28-10-8-21(15-23,9-11-28)12-16-4-2-3-5-18(16)22/h2-7,13-14H,8-12H2,1H3. The molecule has 2 aromatic heterocycles. The Kier molecular flexibility index (Phi) is 5.01. The molecular weight excluding hydrogens is 372 g/mol. The van der Waals surface area contributed by atoms with Crippen molar-refractivity contribution < 1.29 is 0 Å². The van der Waals surface area contributed by atoms with Crippen LogP contribution in [0.25, 0.3) is 11.3 Å². The summed E-state index contributed by atoms with van der Waals surface area (Å²) >= 11 is 6.31. The van der Waals surface area contributed by atoms with Crippen molar-refractivity contribution in [1.29, 1.82) is 5.26 Å². The summed E-state index contributed by atoms with van der Waals surface area (Å²) in [7, 11) is 1.88. The fourth-order valence-electron chi connectivity index (χ4n) is 3.70. The van der Waals surface area contributed by atoms with Crippen molar-refractivity contribution in [1.82, 2.24) is 20.0 Å². The summed E-state index contributed by atoms with van der Waals surface area (Å²) < 4.78 is 1.75. The quantitative estimate of drug-likeness (QED) is 0.673. The third-order valence-electron chi connectivity index (χ3n) is 5.42. The van der Waals surface area contributed by atoms with E-state index in [-0.39, 0.29) is 5.41 Å². The maximum atomic E-state index is 9.87. The van der Waals surface area contributed by atoms with E-state index in [1.807, 2.05) is 49.6 Å². The Balaban J connectivity index is 1.44. The lowest BCUT2D eigenvalue weighted by Crippen LogP contribution is -2.41. The number of aromatic nitrogens is 4. The van der Waals surface area contributed by atoms with Crippen LogP contribution in [0.2, 0.25) is 5.02 Å². The molecule has 4 rings (SSSR count). The average Bonchev–Trinajstić information content (AvgIpc) is 3.17. The van der Waals surface area contributed by atoms with Crippen LogP contribution in [0, 0.1) is 16.7 Å². The summed E-state index contributed by atoms with van der Waals surface area (Å²) in [6.07, 6.45) is 5.94. The molecule has 1 fully saturated rings. The molecule has 0 spiro atoms. The van der Waals surface area contributed by atoms with Crippen molar-refractivity contribution in [2.24, 2.45) is 12.5 Å². The Morgan fingerprint density at radius 2 is 1.93 bits per heavy atom. The van der Waals surface area contributed by atoms with Crippen LogP contribution in [0.4, 0.5) is 5.82 Å². The summed E-state index contributed by atoms with van der Waals surface area (Å²) in [6.45, 7) is 1.55. The zero-order valence-electron chi connectivity index (χ0n) is 15.7. The van der Waals surface area contributed by atoms with E-state index >= 15 is 0 Å². The van der Waals surface area contributed by atoms with Gasteiger partial charge in [-0.3, -0.25) is 4.68 Å². The lowest BCUT2D eigenvalue weighted by Gasteiger charge is -2.38. The molecule has 0 amide bonds. The van der Waals surface area contributed by atoms with Crippen molar-refractivity contribution in [3.63, 3.8) is 0 Å². The maximum absolute atomic E-state index is 9.87. The lowest BCUT2D eigenvalue weighted by atomic mass is 9.75. The van der Waals surface area contributed by atoms with E-state index < -0.39 is 0 Å². The predicted molar refractivity (Wildman–Crippen MR) is 109 cm³/mol. The number of nitrogens with zero attached hydrogens (tertiary/aromatic N) is 6. The molecule has 0 N–H and O–H groups in total. The van der Waals surface area contributed by atoms with Gasteiger partial charge in [-0.15, -0.1) is 10.2 Å². The van der Waals surface area contributed by atoms with E-state index in [2.05, 4.69) is 26.3 Å². The van der Waals surface area contributed by atoms with Crippen LogP contribution >= 0.6 is 11.6 Å². The Morgan fingerprint density at radius 1 is 1.14 bits per heavy atom. The van der Waals surface area contributed by atoms with E-state index in [1.165, 1.54) is 0 Å². The van der Waals surface area contributed by atoms with E-state index in [9.17, 15) is 5.26 Å². The second kappa shape index (κ2) is 7.61. The first-order valence-corrected chi connectivity index (χ1v) is 9.69. The zero-order chi connectivity index (χ0) is 19.6. The molecule has 1 aromatic carbocycles. The normalized spacial score (nSPS) is 16.0. The maximum Gasteiger partial charge on any atom is 0.151 e. The molecule has 1 aliphatic rings. The highest BCUT2D eigenvalue weighted by Gasteiger charge is 2.35. The van der Waals surface area contributed by atoms with Gasteiger partial charge in [0.25, 0.3) is 0 Å². The number of rotatable bonds is 4. The van der Waals surface area contributed by atoms with Crippen molar-refractivity contribution >= 4 is 17.4 Å². The molecule has 0 saturated carbocycles. The smallest absolute Gasteiger partial charge is 0.151 e. The van der Waals surface area contributed by atoms with Gasteiger partial charge >= 0.3 is 0 Å². The Labute approximate surface area is 169 Å². The fraction of sp³-hybridized carbons (Fsp3) is 0.333. The lowest BCUT2D eigenvalue weighted by molar-refractivity contribution is 0.301. The Hall–Kier alpha value is -2.91. The van der Waals surface area contributed by atoms with Gasteiger partial charge in [0.05, 0.1) is 23.4 Å². The van der Waals surface area contributed by atoms with E-state index in [0.717, 1.165) is 53.6 Å². The molecule has 0 unspecified atom stereocenters. The van der Waals surface area contributed by atoms with Crippen LogP contribution in [0.1, 0.15) is 18.4 Å². The second-order valence-corrected chi connectivity index (χ2v) is 7.73. The molecular formula is C21H21ClN6. The molecule has 0 atom stereocenters. The predicted octanol–water partition coefficient (Wildman–Crippen LogP) is 3.88. The number of halogens is 1. The Bertz CT molecular complexity index is 996. The highest BCUT2D eigenvalue weighted by atomic mass is 35.5. The highest BCUT2D eigenvalue weighted by Crippen LogP contribution is 2.37. The number of nitriles is 1. The summed E-state index contributed by atoms with van der Waals surface area (Å²) in [6, 6.07) is 14.3. The minimum Gasteiger partial charge on any atom is -0.355 e. The van der Waals surface area contributed by atoms with Crippen molar-refractivity contribution in [2.75, 3.05) is 18.0 Å². The summed E-state index contributed by atoms with van der Waals surface area (Å²) in [5.41, 5.74) is 2.41. The summed E-state index contributed by atoms with van der Waals surface area (Å²) in [5, 5.41) is 23.5. The molecule has 142 valence electrons. The topological polar surface area (TPSA) is 70.6 Å². The van der Waals surface area contributed by atoms with Gasteiger partial charge < -0.3 is 4.90 Å². The van der Waals surface area contributed by atoms with Gasteiger partial charge in [-0.05, 0) is 43.0 Å². The molecule has 1 saturated heterocycles. The first kappa shape index (κ1) is 18.5. The third-order valence-corrected chi connectivity index (χ3v) is 5.79. The average molecular weight is 393 g/mol. The van der Waals surface area contributed by atoms with Gasteiger partial charge in [-0.1, -0.05) is 29.8 Å². The van der Waals surface area contributed by atoms with Gasteiger partial charge in [0.1, 0.15) is 0 Å². The first-order valence-electron chi connectivity index (χ1n) is 9.31. The number of hydrogen-bond acceptors (Lipinski definition) is 5. The number of aryl methyl sites for hydroxylation is 1. The number of hydrogen-bond donors (Lipinski definition) is 0. The largest absolute Gasteiger partial charge is 0.355 e. The van der Waals surface area contributed by atoms with Crippen molar-refractivity contribution in [3.8, 4) is 17.3 Å². The monoisotopic (exact) mass is 392 g/mol. The van der Waals surface area contributed by atoms with E-state index in [1.54, 1.807) is 10.9 Å². The summed E-state index contributed by atoms with van der Waals surface area (Å²) in [5.74, 6) is 0.844. The van der Waals surface area contributed by atoms with Crippen LogP contribution in [0.3, 0.4) is 0 Å². The minimum atomic E-state index is -0.384. The van der Waals surface area contributed by atoms with Crippen LogP contribution in [0.15, 0.2) is 48.8 Å². The van der Waals surface area contributed by atoms with Crippen LogP contribution < -0.4 is 4.90 Å².